The first-order chi connectivity index (χ1) is 17.7. The Morgan fingerprint density at radius 1 is 1.11 bits per heavy atom. The zero-order valence-corrected chi connectivity index (χ0v) is 22.0. The SMILES string of the molecule is CC(C)(C)CC(C)(C)c1ccc(OCC(=O)N/N=C\c2ccc(-c3cccc(C(=O)O)c3)o2)c([N+](=O)[O-])c1. The molecule has 0 spiro atoms. The zero-order valence-electron chi connectivity index (χ0n) is 22.0. The second kappa shape index (κ2) is 11.3. The highest BCUT2D eigenvalue weighted by Gasteiger charge is 2.30. The number of hydrogen-bond acceptors (Lipinski definition) is 7. The summed E-state index contributed by atoms with van der Waals surface area (Å²) in [5.74, 6) is -0.912. The van der Waals surface area contributed by atoms with Crippen molar-refractivity contribution < 1.29 is 28.8 Å². The third-order valence-corrected chi connectivity index (χ3v) is 5.67. The topological polar surface area (TPSA) is 144 Å². The average Bonchev–Trinajstić information content (AvgIpc) is 3.30. The summed E-state index contributed by atoms with van der Waals surface area (Å²) in [7, 11) is 0. The number of nitrogens with one attached hydrogen (secondary N) is 1. The third kappa shape index (κ3) is 7.52. The van der Waals surface area contributed by atoms with Crippen LogP contribution in [0.2, 0.25) is 0 Å². The molecule has 10 nitrogen and oxygen atoms in total. The van der Waals surface area contributed by atoms with Crippen LogP contribution >= 0.6 is 0 Å². The lowest BCUT2D eigenvalue weighted by Gasteiger charge is -2.33. The number of carbonyl (C=O) groups excluding carboxylic acids is 1. The number of nitro benzene ring substituents is 1. The molecule has 200 valence electrons. The molecular weight excluding hydrogens is 490 g/mol. The molecule has 3 rings (SSSR count). The van der Waals surface area contributed by atoms with Gasteiger partial charge < -0.3 is 14.3 Å². The number of hydrazone groups is 1. The number of aromatic carboxylic acids is 1. The lowest BCUT2D eigenvalue weighted by Crippen LogP contribution is -2.26. The van der Waals surface area contributed by atoms with Crippen molar-refractivity contribution in [2.75, 3.05) is 6.61 Å². The monoisotopic (exact) mass is 521 g/mol. The maximum atomic E-state index is 12.2. The lowest BCUT2D eigenvalue weighted by molar-refractivity contribution is -0.385. The normalized spacial score (nSPS) is 11.9. The molecule has 0 unspecified atom stereocenters. The van der Waals surface area contributed by atoms with E-state index in [-0.39, 0.29) is 27.8 Å². The molecule has 0 atom stereocenters. The number of carbonyl (C=O) groups is 2. The largest absolute Gasteiger partial charge is 0.478 e. The highest BCUT2D eigenvalue weighted by atomic mass is 16.6. The molecule has 38 heavy (non-hydrogen) atoms. The van der Waals surface area contributed by atoms with Gasteiger partial charge in [-0.2, -0.15) is 5.10 Å². The molecule has 0 radical (unpaired) electrons. The maximum Gasteiger partial charge on any atom is 0.335 e. The van der Waals surface area contributed by atoms with E-state index in [1.807, 2.05) is 13.8 Å². The van der Waals surface area contributed by atoms with Crippen LogP contribution < -0.4 is 10.2 Å². The van der Waals surface area contributed by atoms with Gasteiger partial charge in [-0.3, -0.25) is 14.9 Å². The second-order valence-corrected chi connectivity index (χ2v) is 10.7. The van der Waals surface area contributed by atoms with Crippen LogP contribution in [-0.2, 0) is 10.2 Å². The van der Waals surface area contributed by atoms with Crippen LogP contribution in [0.5, 0.6) is 5.75 Å². The average molecular weight is 522 g/mol. The Kier molecular flexibility index (Phi) is 8.35. The summed E-state index contributed by atoms with van der Waals surface area (Å²) in [6, 6.07) is 14.3. The van der Waals surface area contributed by atoms with Gasteiger partial charge in [0.15, 0.2) is 12.4 Å². The van der Waals surface area contributed by atoms with Crippen LogP contribution in [-0.4, -0.2) is 34.7 Å². The predicted octanol–water partition coefficient (Wildman–Crippen LogP) is 5.80. The Labute approximate surface area is 220 Å². The van der Waals surface area contributed by atoms with E-state index in [0.717, 1.165) is 12.0 Å². The lowest BCUT2D eigenvalue weighted by atomic mass is 9.72. The molecule has 2 aromatic carbocycles. The summed E-state index contributed by atoms with van der Waals surface area (Å²) in [6.07, 6.45) is 2.10. The highest BCUT2D eigenvalue weighted by Crippen LogP contribution is 2.39. The second-order valence-electron chi connectivity index (χ2n) is 10.7. The van der Waals surface area contributed by atoms with Crippen LogP contribution in [0.1, 0.15) is 62.7 Å². The molecular formula is C28H31N3O7. The minimum absolute atomic E-state index is 0.0105. The van der Waals surface area contributed by atoms with Crippen molar-refractivity contribution in [1.82, 2.24) is 5.43 Å². The van der Waals surface area contributed by atoms with Gasteiger partial charge in [0, 0.05) is 11.6 Å². The Balaban J connectivity index is 1.61. The first-order valence-corrected chi connectivity index (χ1v) is 11.9. The fourth-order valence-corrected chi connectivity index (χ4v) is 4.36. The number of furan rings is 1. The summed E-state index contributed by atoms with van der Waals surface area (Å²) in [5.41, 5.74) is 3.34. The van der Waals surface area contributed by atoms with Gasteiger partial charge in [0.1, 0.15) is 11.5 Å². The summed E-state index contributed by atoms with van der Waals surface area (Å²) < 4.78 is 11.1. The predicted molar refractivity (Wildman–Crippen MR) is 143 cm³/mol. The van der Waals surface area contributed by atoms with Gasteiger partial charge in [-0.1, -0.05) is 52.8 Å². The summed E-state index contributed by atoms with van der Waals surface area (Å²) in [5, 5.41) is 24.6. The number of nitro groups is 1. The summed E-state index contributed by atoms with van der Waals surface area (Å²) in [6.45, 7) is 9.96. The molecule has 0 bridgehead atoms. The number of amides is 1. The standard InChI is InChI=1S/C28H31N3O7/c1-27(2,3)17-28(4,5)20-9-11-24(22(14-20)31(35)36)37-16-25(32)30-29-15-21-10-12-23(38-21)18-7-6-8-19(13-18)26(33)34/h6-15H,16-17H2,1-5H3,(H,30,32)(H,33,34)/b29-15-. The van der Waals surface area contributed by atoms with Gasteiger partial charge in [-0.25, -0.2) is 10.2 Å². The van der Waals surface area contributed by atoms with E-state index in [0.29, 0.717) is 17.1 Å². The molecule has 1 heterocycles. The maximum absolute atomic E-state index is 12.2. The smallest absolute Gasteiger partial charge is 0.335 e. The Bertz CT molecular complexity index is 1370. The Morgan fingerprint density at radius 3 is 2.50 bits per heavy atom. The van der Waals surface area contributed by atoms with Gasteiger partial charge in [-0.15, -0.1) is 0 Å². The number of hydrogen-bond donors (Lipinski definition) is 2. The van der Waals surface area contributed by atoms with Crippen molar-refractivity contribution in [2.24, 2.45) is 10.5 Å². The number of rotatable bonds is 10. The summed E-state index contributed by atoms with van der Waals surface area (Å²) >= 11 is 0. The fraction of sp³-hybridized carbons (Fsp3) is 0.321. The number of nitrogens with zero attached hydrogens (tertiary/aromatic N) is 2. The Morgan fingerprint density at radius 2 is 1.84 bits per heavy atom. The first kappa shape index (κ1) is 28.1. The fourth-order valence-electron chi connectivity index (χ4n) is 4.36. The van der Waals surface area contributed by atoms with Crippen LogP contribution in [0.25, 0.3) is 11.3 Å². The zero-order chi connectivity index (χ0) is 28.1. The molecule has 0 aliphatic heterocycles. The van der Waals surface area contributed by atoms with Crippen LogP contribution in [0.4, 0.5) is 5.69 Å². The molecule has 0 aliphatic carbocycles. The van der Waals surface area contributed by atoms with Crippen molar-refractivity contribution >= 4 is 23.8 Å². The molecule has 0 aliphatic rings. The van der Waals surface area contributed by atoms with Crippen molar-refractivity contribution in [1.29, 1.82) is 0 Å². The minimum Gasteiger partial charge on any atom is -0.478 e. The van der Waals surface area contributed by atoms with E-state index in [2.05, 4.69) is 31.3 Å². The molecule has 1 aromatic heterocycles. The van der Waals surface area contributed by atoms with Gasteiger partial charge in [0.25, 0.3) is 5.91 Å². The Hall–Kier alpha value is -4.47. The molecule has 0 saturated heterocycles. The van der Waals surface area contributed by atoms with Gasteiger partial charge in [0.2, 0.25) is 0 Å². The van der Waals surface area contributed by atoms with Crippen molar-refractivity contribution in [3.63, 3.8) is 0 Å². The van der Waals surface area contributed by atoms with Crippen molar-refractivity contribution in [3.05, 3.63) is 81.6 Å². The molecule has 0 saturated carbocycles. The number of carboxylic acid groups (broad SMARTS) is 1. The highest BCUT2D eigenvalue weighted by molar-refractivity contribution is 5.89. The van der Waals surface area contributed by atoms with Gasteiger partial charge >= 0.3 is 11.7 Å². The molecule has 3 aromatic rings. The van der Waals surface area contributed by atoms with E-state index in [4.69, 9.17) is 14.3 Å². The summed E-state index contributed by atoms with van der Waals surface area (Å²) in [4.78, 5) is 34.5. The van der Waals surface area contributed by atoms with Gasteiger partial charge in [0.05, 0.1) is 16.7 Å². The quantitative estimate of drug-likeness (QED) is 0.195. The minimum atomic E-state index is -1.05. The number of benzene rings is 2. The van der Waals surface area contributed by atoms with E-state index in [1.54, 1.807) is 30.3 Å². The van der Waals surface area contributed by atoms with Crippen LogP contribution in [0.3, 0.4) is 0 Å². The van der Waals surface area contributed by atoms with Crippen LogP contribution in [0.15, 0.2) is 64.1 Å². The van der Waals surface area contributed by atoms with E-state index >= 15 is 0 Å². The van der Waals surface area contributed by atoms with E-state index in [9.17, 15) is 19.7 Å². The molecule has 10 heteroatoms. The van der Waals surface area contributed by atoms with Crippen LogP contribution in [0, 0.1) is 15.5 Å². The van der Waals surface area contributed by atoms with E-state index < -0.39 is 23.4 Å². The molecule has 1 amide bonds. The van der Waals surface area contributed by atoms with Crippen molar-refractivity contribution in [3.8, 4) is 17.1 Å². The molecule has 0 fully saturated rings. The van der Waals surface area contributed by atoms with Gasteiger partial charge in [-0.05, 0) is 53.1 Å². The van der Waals surface area contributed by atoms with Crippen molar-refractivity contribution in [2.45, 2.75) is 46.5 Å². The number of ether oxygens (including phenoxy) is 1. The first-order valence-electron chi connectivity index (χ1n) is 11.9. The number of carboxylic acids is 1. The van der Waals surface area contributed by atoms with E-state index in [1.165, 1.54) is 30.5 Å². The third-order valence-electron chi connectivity index (χ3n) is 5.67. The molecule has 2 N–H and O–H groups in total.